The lowest BCUT2D eigenvalue weighted by atomic mass is 9.77. The van der Waals surface area contributed by atoms with Crippen molar-refractivity contribution in [1.82, 2.24) is 4.90 Å². The molecule has 2 N–H and O–H groups in total. The van der Waals surface area contributed by atoms with E-state index in [1.165, 1.54) is 12.8 Å². The van der Waals surface area contributed by atoms with Crippen LogP contribution in [0.15, 0.2) is 0 Å². The van der Waals surface area contributed by atoms with E-state index in [4.69, 9.17) is 5.73 Å². The van der Waals surface area contributed by atoms with Crippen LogP contribution in [-0.2, 0) is 4.79 Å². The van der Waals surface area contributed by atoms with Crippen molar-refractivity contribution in [2.45, 2.75) is 65.7 Å². The maximum atomic E-state index is 13.0. The molecule has 0 heterocycles. The highest BCUT2D eigenvalue weighted by atomic mass is 16.2. The van der Waals surface area contributed by atoms with Crippen molar-refractivity contribution in [1.29, 1.82) is 0 Å². The first kappa shape index (κ1) is 16.5. The van der Waals surface area contributed by atoms with Crippen LogP contribution in [0.4, 0.5) is 0 Å². The van der Waals surface area contributed by atoms with Crippen LogP contribution in [0.25, 0.3) is 0 Å². The molecule has 0 bridgehead atoms. The van der Waals surface area contributed by atoms with E-state index in [1.54, 1.807) is 0 Å². The van der Waals surface area contributed by atoms with Crippen LogP contribution in [0.2, 0.25) is 0 Å². The Morgan fingerprint density at radius 2 is 1.89 bits per heavy atom. The summed E-state index contributed by atoms with van der Waals surface area (Å²) in [5, 5.41) is 0. The van der Waals surface area contributed by atoms with Crippen molar-refractivity contribution in [2.75, 3.05) is 19.6 Å². The van der Waals surface area contributed by atoms with Gasteiger partial charge in [0.05, 0.1) is 0 Å². The van der Waals surface area contributed by atoms with E-state index in [-0.39, 0.29) is 5.41 Å². The molecule has 3 heteroatoms. The molecule has 0 radical (unpaired) electrons. The minimum absolute atomic E-state index is 0.0723. The number of unbranched alkanes of at least 4 members (excludes halogenated alkanes) is 1. The van der Waals surface area contributed by atoms with E-state index in [0.29, 0.717) is 18.4 Å². The standard InChI is InChI=1S/C16H32N2O/c1-4-5-11-18(12-10-17)15(19)16(13-14(2)3)8-6-7-9-16/h14H,4-13,17H2,1-3H3. The summed E-state index contributed by atoms with van der Waals surface area (Å²) in [6.07, 6.45) is 7.84. The molecule has 0 aromatic rings. The molecule has 1 aliphatic carbocycles. The average Bonchev–Trinajstić information content (AvgIpc) is 2.82. The van der Waals surface area contributed by atoms with Crippen molar-refractivity contribution in [3.05, 3.63) is 0 Å². The Kier molecular flexibility index (Phi) is 6.84. The molecule has 1 amide bonds. The molecule has 0 unspecified atom stereocenters. The fourth-order valence-electron chi connectivity index (χ4n) is 3.49. The molecule has 1 rings (SSSR count). The number of nitrogens with zero attached hydrogens (tertiary/aromatic N) is 1. The van der Waals surface area contributed by atoms with E-state index in [0.717, 1.165) is 45.2 Å². The molecule has 19 heavy (non-hydrogen) atoms. The van der Waals surface area contributed by atoms with Gasteiger partial charge in [0, 0.05) is 25.0 Å². The zero-order valence-corrected chi connectivity index (χ0v) is 13.1. The molecule has 0 spiro atoms. The first-order valence-electron chi connectivity index (χ1n) is 8.05. The monoisotopic (exact) mass is 268 g/mol. The van der Waals surface area contributed by atoms with Gasteiger partial charge in [0.15, 0.2) is 0 Å². The lowest BCUT2D eigenvalue weighted by Crippen LogP contribution is -2.45. The fraction of sp³-hybridized carbons (Fsp3) is 0.938. The Balaban J connectivity index is 2.77. The molecule has 0 atom stereocenters. The summed E-state index contributed by atoms with van der Waals surface area (Å²) in [6, 6.07) is 0. The zero-order valence-electron chi connectivity index (χ0n) is 13.1. The van der Waals surface area contributed by atoms with E-state index in [2.05, 4.69) is 20.8 Å². The predicted molar refractivity (Wildman–Crippen MR) is 80.9 cm³/mol. The maximum Gasteiger partial charge on any atom is 0.228 e. The summed E-state index contributed by atoms with van der Waals surface area (Å²) in [5.74, 6) is 0.977. The predicted octanol–water partition coefficient (Wildman–Crippen LogP) is 3.18. The van der Waals surface area contributed by atoms with Crippen molar-refractivity contribution >= 4 is 5.91 Å². The second-order valence-electron chi connectivity index (χ2n) is 6.52. The van der Waals surface area contributed by atoms with Gasteiger partial charge in [-0.25, -0.2) is 0 Å². The maximum absolute atomic E-state index is 13.0. The summed E-state index contributed by atoms with van der Waals surface area (Å²) in [7, 11) is 0. The van der Waals surface area contributed by atoms with Crippen LogP contribution in [-0.4, -0.2) is 30.4 Å². The van der Waals surface area contributed by atoms with Gasteiger partial charge in [0.1, 0.15) is 0 Å². The topological polar surface area (TPSA) is 46.3 Å². The molecule has 1 saturated carbocycles. The van der Waals surface area contributed by atoms with Crippen molar-refractivity contribution < 1.29 is 4.79 Å². The number of hydrogen-bond acceptors (Lipinski definition) is 2. The van der Waals surface area contributed by atoms with Gasteiger partial charge >= 0.3 is 0 Å². The lowest BCUT2D eigenvalue weighted by Gasteiger charge is -2.35. The van der Waals surface area contributed by atoms with Gasteiger partial charge in [-0.15, -0.1) is 0 Å². The third-order valence-corrected chi connectivity index (χ3v) is 4.28. The van der Waals surface area contributed by atoms with Crippen LogP contribution >= 0.6 is 0 Å². The molecule has 3 nitrogen and oxygen atoms in total. The SMILES string of the molecule is CCCCN(CCN)C(=O)C1(CC(C)C)CCCC1. The molecular formula is C16H32N2O. The third kappa shape index (κ3) is 4.48. The highest BCUT2D eigenvalue weighted by Crippen LogP contribution is 2.44. The summed E-state index contributed by atoms with van der Waals surface area (Å²) >= 11 is 0. The fourth-order valence-corrected chi connectivity index (χ4v) is 3.49. The van der Waals surface area contributed by atoms with E-state index in [1.807, 2.05) is 4.90 Å². The Hall–Kier alpha value is -0.570. The molecule has 112 valence electrons. The Morgan fingerprint density at radius 1 is 1.26 bits per heavy atom. The summed E-state index contributed by atoms with van der Waals surface area (Å²) in [6.45, 7) is 8.81. The number of carbonyl (C=O) groups excluding carboxylic acids is 1. The highest BCUT2D eigenvalue weighted by Gasteiger charge is 2.43. The van der Waals surface area contributed by atoms with Gasteiger partial charge in [0.2, 0.25) is 5.91 Å². The third-order valence-electron chi connectivity index (χ3n) is 4.28. The van der Waals surface area contributed by atoms with E-state index < -0.39 is 0 Å². The first-order valence-corrected chi connectivity index (χ1v) is 8.05. The van der Waals surface area contributed by atoms with Crippen LogP contribution in [0.3, 0.4) is 0 Å². The quantitative estimate of drug-likeness (QED) is 0.735. The average molecular weight is 268 g/mol. The number of nitrogens with two attached hydrogens (primary N) is 1. The van der Waals surface area contributed by atoms with Crippen LogP contribution < -0.4 is 5.73 Å². The van der Waals surface area contributed by atoms with Crippen LogP contribution in [0, 0.1) is 11.3 Å². The molecule has 1 fully saturated rings. The molecule has 1 aliphatic rings. The largest absolute Gasteiger partial charge is 0.341 e. The van der Waals surface area contributed by atoms with Crippen molar-refractivity contribution in [3.63, 3.8) is 0 Å². The van der Waals surface area contributed by atoms with Gasteiger partial charge in [-0.1, -0.05) is 40.0 Å². The molecule has 0 saturated heterocycles. The first-order chi connectivity index (χ1) is 9.05. The Labute approximate surface area is 118 Å². The summed E-state index contributed by atoms with van der Waals surface area (Å²) in [4.78, 5) is 15.0. The van der Waals surface area contributed by atoms with Gasteiger partial charge in [-0.05, 0) is 31.6 Å². The number of rotatable bonds is 8. The van der Waals surface area contributed by atoms with Gasteiger partial charge in [-0.3, -0.25) is 4.79 Å². The van der Waals surface area contributed by atoms with Crippen molar-refractivity contribution in [3.8, 4) is 0 Å². The number of carbonyl (C=O) groups is 1. The van der Waals surface area contributed by atoms with Gasteiger partial charge < -0.3 is 10.6 Å². The molecule has 0 aliphatic heterocycles. The number of hydrogen-bond donors (Lipinski definition) is 1. The van der Waals surface area contributed by atoms with Crippen molar-refractivity contribution in [2.24, 2.45) is 17.1 Å². The molecular weight excluding hydrogens is 236 g/mol. The van der Waals surface area contributed by atoms with Gasteiger partial charge in [-0.2, -0.15) is 0 Å². The van der Waals surface area contributed by atoms with Gasteiger partial charge in [0.25, 0.3) is 0 Å². The minimum atomic E-state index is -0.0723. The minimum Gasteiger partial charge on any atom is -0.341 e. The smallest absolute Gasteiger partial charge is 0.228 e. The summed E-state index contributed by atoms with van der Waals surface area (Å²) < 4.78 is 0. The highest BCUT2D eigenvalue weighted by molar-refractivity contribution is 5.83. The second-order valence-corrected chi connectivity index (χ2v) is 6.52. The van der Waals surface area contributed by atoms with E-state index >= 15 is 0 Å². The van der Waals surface area contributed by atoms with Crippen LogP contribution in [0.1, 0.15) is 65.7 Å². The van der Waals surface area contributed by atoms with E-state index in [9.17, 15) is 4.79 Å². The lowest BCUT2D eigenvalue weighted by molar-refractivity contribution is -0.143. The number of amides is 1. The Bertz CT molecular complexity index is 270. The second kappa shape index (κ2) is 7.88. The molecule has 0 aromatic carbocycles. The Morgan fingerprint density at radius 3 is 2.37 bits per heavy atom. The zero-order chi connectivity index (χ0) is 14.3. The van der Waals surface area contributed by atoms with Crippen LogP contribution in [0.5, 0.6) is 0 Å². The summed E-state index contributed by atoms with van der Waals surface area (Å²) in [5.41, 5.74) is 5.62. The molecule has 0 aromatic heterocycles. The normalized spacial score (nSPS) is 17.9.